The molecular formula is C22H19NO4. The maximum atomic E-state index is 12.0. The van der Waals surface area contributed by atoms with E-state index >= 15 is 0 Å². The average Bonchev–Trinajstić information content (AvgIpc) is 2.73. The van der Waals surface area contributed by atoms with E-state index in [1.807, 2.05) is 54.6 Å². The number of ether oxygens (including phenoxy) is 2. The molecule has 3 rings (SSSR count). The first-order valence-corrected chi connectivity index (χ1v) is 8.42. The third-order valence-corrected chi connectivity index (χ3v) is 3.94. The van der Waals surface area contributed by atoms with Gasteiger partial charge in [-0.15, -0.1) is 0 Å². The predicted octanol–water partition coefficient (Wildman–Crippen LogP) is 4.16. The van der Waals surface area contributed by atoms with Gasteiger partial charge >= 0.3 is 5.97 Å². The summed E-state index contributed by atoms with van der Waals surface area (Å²) in [6, 6.07) is 23.9. The second kappa shape index (κ2) is 8.67. The molecule has 0 heterocycles. The summed E-state index contributed by atoms with van der Waals surface area (Å²) >= 11 is 0. The van der Waals surface area contributed by atoms with Gasteiger partial charge in [0.15, 0.2) is 6.61 Å². The highest BCUT2D eigenvalue weighted by molar-refractivity contribution is 5.95. The number of carbonyl (C=O) groups is 2. The minimum Gasteiger partial charge on any atom is -0.497 e. The van der Waals surface area contributed by atoms with Crippen molar-refractivity contribution in [2.75, 3.05) is 19.0 Å². The zero-order valence-electron chi connectivity index (χ0n) is 14.8. The Bertz CT molecular complexity index is 903. The van der Waals surface area contributed by atoms with Crippen LogP contribution in [0.5, 0.6) is 5.75 Å². The molecular weight excluding hydrogens is 342 g/mol. The fourth-order valence-electron chi connectivity index (χ4n) is 2.52. The quantitative estimate of drug-likeness (QED) is 0.670. The van der Waals surface area contributed by atoms with E-state index in [9.17, 15) is 9.59 Å². The first kappa shape index (κ1) is 18.2. The minimum atomic E-state index is -0.563. The van der Waals surface area contributed by atoms with Gasteiger partial charge in [-0.1, -0.05) is 42.5 Å². The van der Waals surface area contributed by atoms with Gasteiger partial charge in [0, 0.05) is 5.69 Å². The van der Waals surface area contributed by atoms with Crippen molar-refractivity contribution in [2.24, 2.45) is 0 Å². The van der Waals surface area contributed by atoms with Crippen LogP contribution in [0.2, 0.25) is 0 Å². The van der Waals surface area contributed by atoms with Gasteiger partial charge in [0.2, 0.25) is 0 Å². The lowest BCUT2D eigenvalue weighted by atomic mass is 10.1. The highest BCUT2D eigenvalue weighted by atomic mass is 16.5. The Kier molecular flexibility index (Phi) is 5.84. The van der Waals surface area contributed by atoms with Gasteiger partial charge in [-0.2, -0.15) is 0 Å². The van der Waals surface area contributed by atoms with Crippen LogP contribution >= 0.6 is 0 Å². The fourth-order valence-corrected chi connectivity index (χ4v) is 2.52. The van der Waals surface area contributed by atoms with E-state index in [4.69, 9.17) is 9.47 Å². The van der Waals surface area contributed by atoms with E-state index in [-0.39, 0.29) is 6.61 Å². The molecule has 3 aromatic carbocycles. The largest absolute Gasteiger partial charge is 0.497 e. The standard InChI is InChI=1S/C22H19NO4/c1-26-20-13-9-18(10-14-20)22(25)27-15-21(24)23-19-11-7-17(8-12-19)16-5-3-2-4-6-16/h2-14H,15H2,1H3,(H,23,24). The number of hydrogen-bond acceptors (Lipinski definition) is 4. The van der Waals surface area contributed by atoms with Crippen LogP contribution in [0.3, 0.4) is 0 Å². The van der Waals surface area contributed by atoms with Gasteiger partial charge in [0.1, 0.15) is 5.75 Å². The van der Waals surface area contributed by atoms with Crippen molar-refractivity contribution in [3.8, 4) is 16.9 Å². The molecule has 5 nitrogen and oxygen atoms in total. The van der Waals surface area contributed by atoms with Gasteiger partial charge in [-0.3, -0.25) is 4.79 Å². The summed E-state index contributed by atoms with van der Waals surface area (Å²) < 4.78 is 10.1. The molecule has 0 unspecified atom stereocenters. The molecule has 0 radical (unpaired) electrons. The smallest absolute Gasteiger partial charge is 0.338 e. The fraction of sp³-hybridized carbons (Fsp3) is 0.0909. The van der Waals surface area contributed by atoms with Crippen molar-refractivity contribution < 1.29 is 19.1 Å². The van der Waals surface area contributed by atoms with Crippen molar-refractivity contribution in [3.63, 3.8) is 0 Å². The number of amides is 1. The SMILES string of the molecule is COc1ccc(C(=O)OCC(=O)Nc2ccc(-c3ccccc3)cc2)cc1. The number of rotatable bonds is 6. The molecule has 0 aliphatic rings. The van der Waals surface area contributed by atoms with Crippen LogP contribution in [-0.2, 0) is 9.53 Å². The molecule has 0 aliphatic carbocycles. The van der Waals surface area contributed by atoms with E-state index in [1.54, 1.807) is 31.4 Å². The van der Waals surface area contributed by atoms with Gasteiger partial charge in [-0.05, 0) is 47.5 Å². The lowest BCUT2D eigenvalue weighted by molar-refractivity contribution is -0.119. The van der Waals surface area contributed by atoms with Crippen LogP contribution in [0.15, 0.2) is 78.9 Å². The van der Waals surface area contributed by atoms with Crippen molar-refractivity contribution in [2.45, 2.75) is 0 Å². The topological polar surface area (TPSA) is 64.6 Å². The molecule has 136 valence electrons. The second-order valence-corrected chi connectivity index (χ2v) is 5.80. The van der Waals surface area contributed by atoms with E-state index in [1.165, 1.54) is 0 Å². The number of methoxy groups -OCH3 is 1. The Hall–Kier alpha value is -3.60. The molecule has 27 heavy (non-hydrogen) atoms. The highest BCUT2D eigenvalue weighted by Gasteiger charge is 2.10. The molecule has 0 bridgehead atoms. The monoisotopic (exact) mass is 361 g/mol. The number of benzene rings is 3. The molecule has 5 heteroatoms. The van der Waals surface area contributed by atoms with Gasteiger partial charge in [0.05, 0.1) is 12.7 Å². The molecule has 0 saturated carbocycles. The van der Waals surface area contributed by atoms with Crippen LogP contribution in [0, 0.1) is 0 Å². The minimum absolute atomic E-state index is 0.356. The summed E-state index contributed by atoms with van der Waals surface area (Å²) in [5, 5.41) is 2.71. The van der Waals surface area contributed by atoms with Crippen molar-refractivity contribution >= 4 is 17.6 Å². The Balaban J connectivity index is 1.52. The zero-order valence-corrected chi connectivity index (χ0v) is 14.8. The van der Waals surface area contributed by atoms with Crippen molar-refractivity contribution in [1.29, 1.82) is 0 Å². The summed E-state index contributed by atoms with van der Waals surface area (Å²) in [6.07, 6.45) is 0. The van der Waals surface area contributed by atoms with E-state index < -0.39 is 11.9 Å². The van der Waals surface area contributed by atoms with E-state index in [0.717, 1.165) is 11.1 Å². The first-order valence-electron chi connectivity index (χ1n) is 8.42. The third-order valence-electron chi connectivity index (χ3n) is 3.94. The maximum absolute atomic E-state index is 12.0. The summed E-state index contributed by atoms with van der Waals surface area (Å²) in [5.74, 6) is -0.320. The Labute approximate surface area is 157 Å². The molecule has 0 aromatic heterocycles. The Morgan fingerprint density at radius 1 is 0.815 bits per heavy atom. The third kappa shape index (κ3) is 4.95. The number of anilines is 1. The van der Waals surface area contributed by atoms with Crippen molar-refractivity contribution in [3.05, 3.63) is 84.4 Å². The summed E-state index contributed by atoms with van der Waals surface area (Å²) in [4.78, 5) is 24.0. The normalized spacial score (nSPS) is 10.1. The molecule has 0 spiro atoms. The number of nitrogens with one attached hydrogen (secondary N) is 1. The van der Waals surface area contributed by atoms with E-state index in [0.29, 0.717) is 17.0 Å². The Morgan fingerprint density at radius 3 is 2.07 bits per heavy atom. The molecule has 1 N–H and O–H groups in total. The molecule has 0 saturated heterocycles. The lowest BCUT2D eigenvalue weighted by Crippen LogP contribution is -2.20. The van der Waals surface area contributed by atoms with E-state index in [2.05, 4.69) is 5.32 Å². The summed E-state index contributed by atoms with van der Waals surface area (Å²) in [7, 11) is 1.55. The summed E-state index contributed by atoms with van der Waals surface area (Å²) in [5.41, 5.74) is 3.15. The van der Waals surface area contributed by atoms with Crippen LogP contribution in [-0.4, -0.2) is 25.6 Å². The predicted molar refractivity (Wildman–Crippen MR) is 104 cm³/mol. The van der Waals surface area contributed by atoms with Gasteiger partial charge in [-0.25, -0.2) is 4.79 Å². The van der Waals surface area contributed by atoms with Gasteiger partial charge < -0.3 is 14.8 Å². The number of hydrogen-bond donors (Lipinski definition) is 1. The number of esters is 1. The lowest BCUT2D eigenvalue weighted by Gasteiger charge is -2.08. The Morgan fingerprint density at radius 2 is 1.44 bits per heavy atom. The van der Waals surface area contributed by atoms with Crippen LogP contribution in [0.1, 0.15) is 10.4 Å². The summed E-state index contributed by atoms with van der Waals surface area (Å²) in [6.45, 7) is -0.356. The van der Waals surface area contributed by atoms with Crippen LogP contribution in [0.4, 0.5) is 5.69 Å². The second-order valence-electron chi connectivity index (χ2n) is 5.80. The average molecular weight is 361 g/mol. The molecule has 0 aliphatic heterocycles. The molecule has 0 fully saturated rings. The number of carbonyl (C=O) groups excluding carboxylic acids is 2. The first-order chi connectivity index (χ1) is 13.2. The van der Waals surface area contributed by atoms with Crippen LogP contribution < -0.4 is 10.1 Å². The van der Waals surface area contributed by atoms with Gasteiger partial charge in [0.25, 0.3) is 5.91 Å². The highest BCUT2D eigenvalue weighted by Crippen LogP contribution is 2.21. The molecule has 3 aromatic rings. The molecule has 1 amide bonds. The maximum Gasteiger partial charge on any atom is 0.338 e. The van der Waals surface area contributed by atoms with Crippen molar-refractivity contribution in [1.82, 2.24) is 0 Å². The molecule has 0 atom stereocenters. The van der Waals surface area contributed by atoms with Crippen LogP contribution in [0.25, 0.3) is 11.1 Å². The zero-order chi connectivity index (χ0) is 19.1.